The van der Waals surface area contributed by atoms with Gasteiger partial charge < -0.3 is 20.3 Å². The lowest BCUT2D eigenvalue weighted by Crippen LogP contribution is -2.47. The molecule has 2 amide bonds. The first-order valence-corrected chi connectivity index (χ1v) is 13.9. The number of amides is 2. The van der Waals surface area contributed by atoms with Crippen LogP contribution in [0.5, 0.6) is 0 Å². The van der Waals surface area contributed by atoms with Crippen LogP contribution in [0.25, 0.3) is 0 Å². The minimum atomic E-state index is -5.38. The predicted octanol–water partition coefficient (Wildman–Crippen LogP) is 4.92. The van der Waals surface area contributed by atoms with Gasteiger partial charge in [-0.05, 0) is 49.2 Å². The monoisotopic (exact) mass is 605 g/mol. The summed E-state index contributed by atoms with van der Waals surface area (Å²) in [7, 11) is 0. The van der Waals surface area contributed by atoms with Crippen LogP contribution in [-0.2, 0) is 25.7 Å². The molecule has 0 radical (unpaired) electrons. The molecule has 0 fully saturated rings. The molecule has 4 rings (SSSR count). The van der Waals surface area contributed by atoms with Gasteiger partial charge >= 0.3 is 18.1 Å². The third-order valence-corrected chi connectivity index (χ3v) is 6.94. The van der Waals surface area contributed by atoms with Crippen molar-refractivity contribution in [1.29, 1.82) is 0 Å². The van der Waals surface area contributed by atoms with Crippen molar-refractivity contribution in [3.63, 3.8) is 0 Å². The number of nitrogens with two attached hydrogens (primary N) is 1. The summed E-state index contributed by atoms with van der Waals surface area (Å²) in [4.78, 5) is 55.2. The molecule has 1 aliphatic rings. The number of benzene rings is 3. The minimum Gasteiger partial charge on any atom is -0.386 e. The molecule has 8 nitrogen and oxygen atoms in total. The molecule has 11 heteroatoms. The molecule has 0 aromatic heterocycles. The normalized spacial score (nSPS) is 15.5. The largest absolute Gasteiger partial charge is 0.491 e. The van der Waals surface area contributed by atoms with Gasteiger partial charge in [-0.3, -0.25) is 14.4 Å². The SMILES string of the molecule is CC(CC(=O)OC(=O)C(F)(F)F)N1C(=O)c2cc(C#CCCCN)ccc2N(Cc2ccccc2)C(=O)C1c1ccccc1. The number of fused-ring (bicyclic) bond motifs is 1. The van der Waals surface area contributed by atoms with E-state index in [9.17, 15) is 32.3 Å². The molecule has 3 aromatic rings. The summed E-state index contributed by atoms with van der Waals surface area (Å²) in [6.07, 6.45) is -4.93. The average molecular weight is 606 g/mol. The van der Waals surface area contributed by atoms with Gasteiger partial charge in [0.25, 0.3) is 11.8 Å². The molecule has 2 N–H and O–H groups in total. The number of hydrogen-bond donors (Lipinski definition) is 1. The lowest BCUT2D eigenvalue weighted by atomic mass is 10.0. The van der Waals surface area contributed by atoms with Crippen LogP contribution in [-0.4, -0.2) is 47.4 Å². The van der Waals surface area contributed by atoms with Crippen molar-refractivity contribution in [1.82, 2.24) is 4.90 Å². The van der Waals surface area contributed by atoms with E-state index in [1.54, 1.807) is 48.5 Å². The van der Waals surface area contributed by atoms with E-state index in [2.05, 4.69) is 16.6 Å². The highest BCUT2D eigenvalue weighted by molar-refractivity contribution is 6.11. The summed E-state index contributed by atoms with van der Waals surface area (Å²) in [5.41, 5.74) is 7.68. The second kappa shape index (κ2) is 14.0. The van der Waals surface area contributed by atoms with Crippen LogP contribution < -0.4 is 10.6 Å². The fourth-order valence-electron chi connectivity index (χ4n) is 4.88. The summed E-state index contributed by atoms with van der Waals surface area (Å²) in [5, 5.41) is 0. The number of rotatable bonds is 8. The van der Waals surface area contributed by atoms with Crippen LogP contribution in [0.1, 0.15) is 59.3 Å². The summed E-state index contributed by atoms with van der Waals surface area (Å²) in [6, 6.07) is 20.0. The van der Waals surface area contributed by atoms with Crippen LogP contribution in [0.3, 0.4) is 0 Å². The van der Waals surface area contributed by atoms with E-state index in [0.717, 1.165) is 10.5 Å². The number of esters is 2. The third kappa shape index (κ3) is 7.51. The van der Waals surface area contributed by atoms with Crippen LogP contribution in [0.4, 0.5) is 18.9 Å². The summed E-state index contributed by atoms with van der Waals surface area (Å²) in [5.74, 6) is 0.710. The first-order valence-electron chi connectivity index (χ1n) is 13.9. The smallest absolute Gasteiger partial charge is 0.386 e. The zero-order valence-electron chi connectivity index (χ0n) is 23.8. The molecule has 0 saturated carbocycles. The van der Waals surface area contributed by atoms with Gasteiger partial charge in [0.2, 0.25) is 0 Å². The number of halogens is 3. The second-order valence-electron chi connectivity index (χ2n) is 10.2. The number of hydrogen-bond acceptors (Lipinski definition) is 6. The number of alkyl halides is 3. The standard InChI is InChI=1S/C33H30F3N3O5/c1-22(19-28(40)44-32(43)33(34,35)36)39-29(25-14-8-3-9-15-25)31(42)38(21-24-12-5-2-6-13-24)27-17-16-23(11-7-4-10-18-37)20-26(27)30(39)41/h2-3,5-6,8-9,12-17,20,22,29H,4,10,18-19,21,37H2,1H3. The van der Waals surface area contributed by atoms with Crippen molar-refractivity contribution in [2.24, 2.45) is 5.73 Å². The Morgan fingerprint density at radius 1 is 1.00 bits per heavy atom. The Kier molecular flexibility index (Phi) is 10.2. The van der Waals surface area contributed by atoms with Crippen molar-refractivity contribution in [3.8, 4) is 11.8 Å². The Balaban J connectivity index is 1.83. The molecule has 0 aliphatic carbocycles. The number of anilines is 1. The van der Waals surface area contributed by atoms with Crippen molar-refractivity contribution < 1.29 is 37.1 Å². The van der Waals surface area contributed by atoms with E-state index in [0.29, 0.717) is 36.2 Å². The topological polar surface area (TPSA) is 110 Å². The maximum atomic E-state index is 14.5. The number of nitrogens with zero attached hydrogens (tertiary/aromatic N) is 2. The molecule has 0 bridgehead atoms. The maximum absolute atomic E-state index is 14.5. The van der Waals surface area contributed by atoms with E-state index in [-0.39, 0.29) is 12.1 Å². The van der Waals surface area contributed by atoms with Gasteiger partial charge in [-0.15, -0.1) is 0 Å². The molecule has 3 aromatic carbocycles. The van der Waals surface area contributed by atoms with Gasteiger partial charge in [0.1, 0.15) is 6.04 Å². The van der Waals surface area contributed by atoms with Crippen LogP contribution >= 0.6 is 0 Å². The maximum Gasteiger partial charge on any atom is 0.491 e. The van der Waals surface area contributed by atoms with E-state index in [4.69, 9.17) is 5.73 Å². The lowest BCUT2D eigenvalue weighted by Gasteiger charge is -2.35. The number of unbranched alkanes of at least 4 members (excludes halogenated alkanes) is 1. The van der Waals surface area contributed by atoms with Gasteiger partial charge in [0.05, 0.1) is 24.2 Å². The third-order valence-electron chi connectivity index (χ3n) is 6.94. The zero-order valence-corrected chi connectivity index (χ0v) is 23.8. The second-order valence-corrected chi connectivity index (χ2v) is 10.2. The van der Waals surface area contributed by atoms with E-state index < -0.39 is 48.4 Å². The summed E-state index contributed by atoms with van der Waals surface area (Å²) < 4.78 is 42.2. The van der Waals surface area contributed by atoms with Gasteiger partial charge in [0, 0.05) is 18.0 Å². The molecule has 1 heterocycles. The van der Waals surface area contributed by atoms with E-state index >= 15 is 0 Å². The van der Waals surface area contributed by atoms with Crippen LogP contribution in [0.2, 0.25) is 0 Å². The Hall–Kier alpha value is -4.95. The van der Waals surface area contributed by atoms with Crippen molar-refractivity contribution in [2.45, 2.75) is 51.0 Å². The minimum absolute atomic E-state index is 0.106. The Labute approximate surface area is 252 Å². The first kappa shape index (κ1) is 32.0. The quantitative estimate of drug-likeness (QED) is 0.169. The number of carbonyl (C=O) groups excluding carboxylic acids is 4. The molecule has 2 atom stereocenters. The lowest BCUT2D eigenvalue weighted by molar-refractivity contribution is -0.202. The highest BCUT2D eigenvalue weighted by Gasteiger charge is 2.45. The Morgan fingerprint density at radius 2 is 1.66 bits per heavy atom. The molecule has 44 heavy (non-hydrogen) atoms. The van der Waals surface area contributed by atoms with E-state index in [1.807, 2.05) is 30.3 Å². The summed E-state index contributed by atoms with van der Waals surface area (Å²) >= 11 is 0. The molecular weight excluding hydrogens is 575 g/mol. The molecule has 0 saturated heterocycles. The van der Waals surface area contributed by atoms with Gasteiger partial charge in [-0.1, -0.05) is 72.5 Å². The predicted molar refractivity (Wildman–Crippen MR) is 156 cm³/mol. The van der Waals surface area contributed by atoms with Gasteiger partial charge in [0.15, 0.2) is 0 Å². The van der Waals surface area contributed by atoms with Crippen LogP contribution in [0, 0.1) is 11.8 Å². The Bertz CT molecular complexity index is 1580. The summed E-state index contributed by atoms with van der Waals surface area (Å²) in [6.45, 7) is 1.98. The van der Waals surface area contributed by atoms with Gasteiger partial charge in [-0.2, -0.15) is 13.2 Å². The van der Waals surface area contributed by atoms with Crippen molar-refractivity contribution >= 4 is 29.4 Å². The van der Waals surface area contributed by atoms with Crippen molar-refractivity contribution in [2.75, 3.05) is 11.4 Å². The van der Waals surface area contributed by atoms with E-state index in [1.165, 1.54) is 11.8 Å². The molecule has 1 aliphatic heterocycles. The molecule has 2 unspecified atom stereocenters. The number of carbonyl (C=O) groups is 4. The zero-order chi connectivity index (χ0) is 31.9. The average Bonchev–Trinajstić information content (AvgIpc) is 3.08. The fraction of sp³-hybridized carbons (Fsp3) is 0.273. The van der Waals surface area contributed by atoms with Gasteiger partial charge in [-0.25, -0.2) is 4.79 Å². The highest BCUT2D eigenvalue weighted by atomic mass is 19.4. The molecular formula is C33H30F3N3O5. The highest BCUT2D eigenvalue weighted by Crippen LogP contribution is 2.38. The molecule has 0 spiro atoms. The number of ether oxygens (including phenoxy) is 1. The first-order chi connectivity index (χ1) is 21.0. The Morgan fingerprint density at radius 3 is 2.30 bits per heavy atom. The van der Waals surface area contributed by atoms with Crippen molar-refractivity contribution in [3.05, 3.63) is 101 Å². The molecule has 228 valence electrons. The van der Waals surface area contributed by atoms with Crippen LogP contribution in [0.15, 0.2) is 78.9 Å². The fourth-order valence-corrected chi connectivity index (χ4v) is 4.88.